The van der Waals surface area contributed by atoms with E-state index in [2.05, 4.69) is 10.2 Å². The average Bonchev–Trinajstić information content (AvgIpc) is 3.17. The van der Waals surface area contributed by atoms with E-state index < -0.39 is 10.0 Å². The van der Waals surface area contributed by atoms with E-state index in [0.29, 0.717) is 18.7 Å². The first-order valence-corrected chi connectivity index (χ1v) is 13.4. The van der Waals surface area contributed by atoms with Gasteiger partial charge in [0, 0.05) is 24.7 Å². The summed E-state index contributed by atoms with van der Waals surface area (Å²) in [5, 5.41) is 3.17. The smallest absolute Gasteiger partial charge is 0.244 e. The van der Waals surface area contributed by atoms with E-state index in [1.54, 1.807) is 12.2 Å². The molecule has 0 atom stereocenters. The zero-order valence-electron chi connectivity index (χ0n) is 18.4. The molecule has 0 radical (unpaired) electrons. The van der Waals surface area contributed by atoms with Crippen molar-refractivity contribution < 1.29 is 13.2 Å². The molecule has 1 aliphatic carbocycles. The van der Waals surface area contributed by atoms with E-state index in [9.17, 15) is 13.2 Å². The zero-order chi connectivity index (χ0) is 21.7. The summed E-state index contributed by atoms with van der Waals surface area (Å²) < 4.78 is 25.6. The summed E-state index contributed by atoms with van der Waals surface area (Å²) in [6.45, 7) is 3.58. The number of piperidine rings is 1. The summed E-state index contributed by atoms with van der Waals surface area (Å²) in [6.07, 6.45) is 14.1. The van der Waals surface area contributed by atoms with Crippen molar-refractivity contribution in [2.75, 3.05) is 36.2 Å². The van der Waals surface area contributed by atoms with Gasteiger partial charge in [-0.2, -0.15) is 0 Å². The second-order valence-corrected chi connectivity index (χ2v) is 11.2. The molecule has 1 saturated carbocycles. The monoisotopic (exact) mass is 445 g/mol. The Bertz CT molecular complexity index is 883. The molecule has 4 rings (SSSR count). The van der Waals surface area contributed by atoms with Crippen LogP contribution in [0.2, 0.25) is 0 Å². The van der Waals surface area contributed by atoms with Gasteiger partial charge in [-0.3, -0.25) is 14.0 Å². The van der Waals surface area contributed by atoms with Gasteiger partial charge in [0.1, 0.15) is 0 Å². The molecule has 2 saturated heterocycles. The largest absolute Gasteiger partial charge is 0.351 e. The van der Waals surface area contributed by atoms with Crippen molar-refractivity contribution in [1.29, 1.82) is 0 Å². The Labute approximate surface area is 186 Å². The predicted octanol–water partition coefficient (Wildman–Crippen LogP) is 3.54. The molecule has 31 heavy (non-hydrogen) atoms. The first-order valence-electron chi connectivity index (χ1n) is 11.8. The van der Waals surface area contributed by atoms with E-state index in [1.165, 1.54) is 55.7 Å². The fraction of sp³-hybridized carbons (Fsp3) is 0.625. The van der Waals surface area contributed by atoms with Gasteiger partial charge in [-0.1, -0.05) is 37.8 Å². The molecule has 6 nitrogen and oxygen atoms in total. The lowest BCUT2D eigenvalue weighted by molar-refractivity contribution is -0.117. The Morgan fingerprint density at radius 2 is 1.61 bits per heavy atom. The Morgan fingerprint density at radius 1 is 0.935 bits per heavy atom. The van der Waals surface area contributed by atoms with Crippen molar-refractivity contribution in [2.45, 2.75) is 63.3 Å². The van der Waals surface area contributed by atoms with Crippen molar-refractivity contribution in [3.05, 3.63) is 35.9 Å². The van der Waals surface area contributed by atoms with E-state index >= 15 is 0 Å². The first kappa shape index (κ1) is 22.3. The van der Waals surface area contributed by atoms with Crippen LogP contribution in [0.25, 0.3) is 6.08 Å². The number of rotatable bonds is 6. The van der Waals surface area contributed by atoms with Gasteiger partial charge in [-0.25, -0.2) is 8.42 Å². The van der Waals surface area contributed by atoms with Gasteiger partial charge in [-0.05, 0) is 69.0 Å². The minimum Gasteiger partial charge on any atom is -0.351 e. The number of nitrogens with one attached hydrogen (secondary N) is 1. The molecule has 0 spiro atoms. The first-order chi connectivity index (χ1) is 15.0. The molecule has 1 N–H and O–H groups in total. The fourth-order valence-electron chi connectivity index (χ4n) is 5.35. The molecule has 2 aliphatic heterocycles. The lowest BCUT2D eigenvalue weighted by Gasteiger charge is -2.48. The summed E-state index contributed by atoms with van der Waals surface area (Å²) in [7, 11) is -3.16. The van der Waals surface area contributed by atoms with Crippen molar-refractivity contribution in [3.8, 4) is 0 Å². The SMILES string of the molecule is O=C(/C=C/c1ccc(N2CCCS2(=O)=O)cc1)NCC1(N2CCCCC2)CCCCC1. The van der Waals surface area contributed by atoms with Crippen LogP contribution in [0.15, 0.2) is 30.3 Å². The highest BCUT2D eigenvalue weighted by atomic mass is 32.2. The molecule has 170 valence electrons. The Balaban J connectivity index is 1.34. The lowest BCUT2D eigenvalue weighted by atomic mass is 9.79. The maximum Gasteiger partial charge on any atom is 0.244 e. The quantitative estimate of drug-likeness (QED) is 0.680. The van der Waals surface area contributed by atoms with Crippen LogP contribution in [0.1, 0.15) is 63.4 Å². The van der Waals surface area contributed by atoms with Gasteiger partial charge < -0.3 is 5.32 Å². The van der Waals surface area contributed by atoms with Crippen LogP contribution in [0.5, 0.6) is 0 Å². The number of benzene rings is 1. The molecule has 7 heteroatoms. The zero-order valence-corrected chi connectivity index (χ0v) is 19.2. The molecule has 3 fully saturated rings. The van der Waals surface area contributed by atoms with Crippen LogP contribution in [0, 0.1) is 0 Å². The Kier molecular flexibility index (Phi) is 7.02. The third-order valence-corrected chi connectivity index (χ3v) is 8.98. The van der Waals surface area contributed by atoms with Crippen LogP contribution < -0.4 is 9.62 Å². The van der Waals surface area contributed by atoms with Crippen LogP contribution in [0.4, 0.5) is 5.69 Å². The van der Waals surface area contributed by atoms with Gasteiger partial charge in [0.2, 0.25) is 15.9 Å². The normalized spacial score (nSPS) is 23.8. The fourth-order valence-corrected chi connectivity index (χ4v) is 6.91. The number of hydrogen-bond donors (Lipinski definition) is 1. The van der Waals surface area contributed by atoms with E-state index in [4.69, 9.17) is 0 Å². The highest BCUT2D eigenvalue weighted by Crippen LogP contribution is 2.35. The van der Waals surface area contributed by atoms with Gasteiger partial charge in [0.05, 0.1) is 11.4 Å². The number of carbonyl (C=O) groups excluding carboxylic acids is 1. The second-order valence-electron chi connectivity index (χ2n) is 9.22. The summed E-state index contributed by atoms with van der Waals surface area (Å²) in [6, 6.07) is 7.36. The highest BCUT2D eigenvalue weighted by Gasteiger charge is 2.38. The highest BCUT2D eigenvalue weighted by molar-refractivity contribution is 7.93. The van der Waals surface area contributed by atoms with Crippen molar-refractivity contribution >= 4 is 27.7 Å². The molecule has 2 heterocycles. The number of anilines is 1. The van der Waals surface area contributed by atoms with Crippen LogP contribution in [0.3, 0.4) is 0 Å². The summed E-state index contributed by atoms with van der Waals surface area (Å²) in [5.41, 5.74) is 1.71. The van der Waals surface area contributed by atoms with Crippen molar-refractivity contribution in [3.63, 3.8) is 0 Å². The van der Waals surface area contributed by atoms with Crippen molar-refractivity contribution in [1.82, 2.24) is 10.2 Å². The second kappa shape index (κ2) is 9.74. The summed E-state index contributed by atoms with van der Waals surface area (Å²) >= 11 is 0. The van der Waals surface area contributed by atoms with E-state index in [-0.39, 0.29) is 17.2 Å². The Morgan fingerprint density at radius 3 is 2.26 bits per heavy atom. The number of likely N-dealkylation sites (tertiary alicyclic amines) is 1. The standard InChI is InChI=1S/C24H35N3O3S/c28-23(25-20-24(14-3-1-4-15-24)26-16-5-2-6-17-26)13-10-21-8-11-22(12-9-21)27-18-7-19-31(27,29)30/h8-13H,1-7,14-20H2,(H,25,28)/b13-10+. The minimum absolute atomic E-state index is 0.0619. The molecular formula is C24H35N3O3S. The van der Waals surface area contributed by atoms with Crippen LogP contribution in [-0.2, 0) is 14.8 Å². The molecule has 1 amide bonds. The minimum atomic E-state index is -3.16. The predicted molar refractivity (Wildman–Crippen MR) is 125 cm³/mol. The summed E-state index contributed by atoms with van der Waals surface area (Å²) in [5.74, 6) is 0.154. The molecule has 0 aromatic heterocycles. The van der Waals surface area contributed by atoms with Crippen LogP contribution in [-0.4, -0.2) is 56.7 Å². The van der Waals surface area contributed by atoms with Gasteiger partial charge >= 0.3 is 0 Å². The topological polar surface area (TPSA) is 69.7 Å². The maximum atomic E-state index is 12.5. The molecule has 0 bridgehead atoms. The maximum absolute atomic E-state index is 12.5. The number of sulfonamides is 1. The molecular weight excluding hydrogens is 410 g/mol. The number of amides is 1. The summed E-state index contributed by atoms with van der Waals surface area (Å²) in [4.78, 5) is 15.2. The van der Waals surface area contributed by atoms with Crippen molar-refractivity contribution in [2.24, 2.45) is 0 Å². The molecule has 3 aliphatic rings. The lowest BCUT2D eigenvalue weighted by Crippen LogP contribution is -2.58. The third-order valence-electron chi connectivity index (χ3n) is 7.11. The number of carbonyl (C=O) groups is 1. The van der Waals surface area contributed by atoms with E-state index in [1.807, 2.05) is 24.3 Å². The Hall–Kier alpha value is -1.86. The van der Waals surface area contributed by atoms with Crippen LogP contribution >= 0.6 is 0 Å². The van der Waals surface area contributed by atoms with E-state index in [0.717, 1.165) is 25.2 Å². The average molecular weight is 446 g/mol. The third kappa shape index (κ3) is 5.32. The van der Waals surface area contributed by atoms with Gasteiger partial charge in [0.25, 0.3) is 0 Å². The molecule has 1 aromatic rings. The number of hydrogen-bond acceptors (Lipinski definition) is 4. The number of nitrogens with zero attached hydrogens (tertiary/aromatic N) is 2. The van der Waals surface area contributed by atoms with Gasteiger partial charge in [0.15, 0.2) is 0 Å². The molecule has 0 unspecified atom stereocenters. The van der Waals surface area contributed by atoms with Gasteiger partial charge in [-0.15, -0.1) is 0 Å². The molecule has 1 aromatic carbocycles.